The van der Waals surface area contributed by atoms with Gasteiger partial charge in [-0.1, -0.05) is 43.7 Å². The Kier molecular flexibility index (Phi) is 6.17. The molecule has 0 saturated heterocycles. The predicted octanol–water partition coefficient (Wildman–Crippen LogP) is 2.13. The van der Waals surface area contributed by atoms with Gasteiger partial charge in [0.2, 0.25) is 10.0 Å². The molecule has 1 rings (SSSR count). The molecule has 0 fully saturated rings. The van der Waals surface area contributed by atoms with Crippen LogP contribution in [-0.4, -0.2) is 32.4 Å². The zero-order valence-electron chi connectivity index (χ0n) is 12.8. The summed E-state index contributed by atoms with van der Waals surface area (Å²) >= 11 is 0. The summed E-state index contributed by atoms with van der Waals surface area (Å²) in [5.41, 5.74) is 7.85. The smallest absolute Gasteiger partial charge is 0.218 e. The van der Waals surface area contributed by atoms with Gasteiger partial charge in [0, 0.05) is 19.6 Å². The van der Waals surface area contributed by atoms with Crippen LogP contribution in [0.2, 0.25) is 0 Å². The summed E-state index contributed by atoms with van der Waals surface area (Å²) in [5, 5.41) is 0. The van der Waals surface area contributed by atoms with Gasteiger partial charge in [-0.3, -0.25) is 0 Å². The standard InChI is InChI=1S/C15H26N2O2S/c1-12(2)15(16)8-9-17(4)20(18,19)11-14-7-5-6-13(3)10-14/h5-7,10,12,15H,8-9,11,16H2,1-4H3. The molecule has 1 unspecified atom stereocenters. The lowest BCUT2D eigenvalue weighted by molar-refractivity contribution is 0.397. The van der Waals surface area contributed by atoms with Crippen LogP contribution in [0.25, 0.3) is 0 Å². The summed E-state index contributed by atoms with van der Waals surface area (Å²) in [6, 6.07) is 7.63. The quantitative estimate of drug-likeness (QED) is 0.838. The third kappa shape index (κ3) is 5.23. The molecular formula is C15H26N2O2S. The van der Waals surface area contributed by atoms with E-state index < -0.39 is 10.0 Å². The molecule has 1 atom stereocenters. The van der Waals surface area contributed by atoms with Gasteiger partial charge in [-0.25, -0.2) is 12.7 Å². The van der Waals surface area contributed by atoms with E-state index in [0.717, 1.165) is 11.1 Å². The van der Waals surface area contributed by atoms with Gasteiger partial charge in [0.1, 0.15) is 0 Å². The van der Waals surface area contributed by atoms with Gasteiger partial charge in [-0.15, -0.1) is 0 Å². The second-order valence-corrected chi connectivity index (χ2v) is 7.84. The molecule has 114 valence electrons. The molecule has 0 heterocycles. The Morgan fingerprint density at radius 2 is 1.95 bits per heavy atom. The Bertz CT molecular complexity index is 526. The molecule has 0 radical (unpaired) electrons. The molecule has 1 aromatic rings. The summed E-state index contributed by atoms with van der Waals surface area (Å²) in [7, 11) is -1.65. The number of sulfonamides is 1. The minimum atomic E-state index is -3.27. The van der Waals surface area contributed by atoms with Crippen LogP contribution in [0.4, 0.5) is 0 Å². The number of nitrogens with zero attached hydrogens (tertiary/aromatic N) is 1. The van der Waals surface area contributed by atoms with Crippen LogP contribution >= 0.6 is 0 Å². The van der Waals surface area contributed by atoms with E-state index in [1.165, 1.54) is 4.31 Å². The Balaban J connectivity index is 2.64. The normalized spacial score (nSPS) is 13.9. The molecular weight excluding hydrogens is 272 g/mol. The average molecular weight is 298 g/mol. The average Bonchev–Trinajstić information content (AvgIpc) is 2.34. The fraction of sp³-hybridized carbons (Fsp3) is 0.600. The van der Waals surface area contributed by atoms with Crippen molar-refractivity contribution in [2.24, 2.45) is 11.7 Å². The molecule has 0 aliphatic heterocycles. The zero-order chi connectivity index (χ0) is 15.3. The van der Waals surface area contributed by atoms with Crippen molar-refractivity contribution in [1.29, 1.82) is 0 Å². The topological polar surface area (TPSA) is 63.4 Å². The molecule has 0 bridgehead atoms. The molecule has 0 aliphatic carbocycles. The second kappa shape index (κ2) is 7.20. The van der Waals surface area contributed by atoms with Crippen LogP contribution in [0.1, 0.15) is 31.4 Å². The van der Waals surface area contributed by atoms with Crippen LogP contribution in [0.5, 0.6) is 0 Å². The molecule has 0 spiro atoms. The van der Waals surface area contributed by atoms with Crippen molar-refractivity contribution in [3.8, 4) is 0 Å². The minimum Gasteiger partial charge on any atom is -0.327 e. The number of nitrogens with two attached hydrogens (primary N) is 1. The minimum absolute atomic E-state index is 0.0339. The maximum Gasteiger partial charge on any atom is 0.218 e. The lowest BCUT2D eigenvalue weighted by Gasteiger charge is -2.21. The SMILES string of the molecule is Cc1cccc(CS(=O)(=O)N(C)CCC(N)C(C)C)c1. The van der Waals surface area contributed by atoms with Gasteiger partial charge in [0.05, 0.1) is 5.75 Å². The van der Waals surface area contributed by atoms with Gasteiger partial charge in [0.25, 0.3) is 0 Å². The van der Waals surface area contributed by atoms with Crippen LogP contribution in [0.15, 0.2) is 24.3 Å². The Morgan fingerprint density at radius 1 is 1.30 bits per heavy atom. The fourth-order valence-corrected chi connectivity index (χ4v) is 3.13. The first-order chi connectivity index (χ1) is 9.22. The fourth-order valence-electron chi connectivity index (χ4n) is 1.93. The van der Waals surface area contributed by atoms with Crippen molar-refractivity contribution in [2.45, 2.75) is 39.0 Å². The first kappa shape index (κ1) is 17.1. The van der Waals surface area contributed by atoms with Crippen LogP contribution in [-0.2, 0) is 15.8 Å². The van der Waals surface area contributed by atoms with Crippen molar-refractivity contribution < 1.29 is 8.42 Å². The van der Waals surface area contributed by atoms with Crippen LogP contribution < -0.4 is 5.73 Å². The number of hydrogen-bond acceptors (Lipinski definition) is 3. The predicted molar refractivity (Wildman–Crippen MR) is 83.9 cm³/mol. The van der Waals surface area contributed by atoms with Gasteiger partial charge in [-0.2, -0.15) is 0 Å². The summed E-state index contributed by atoms with van der Waals surface area (Å²) in [4.78, 5) is 0. The zero-order valence-corrected chi connectivity index (χ0v) is 13.7. The van der Waals surface area contributed by atoms with E-state index in [1.54, 1.807) is 7.05 Å². The highest BCUT2D eigenvalue weighted by Gasteiger charge is 2.19. The van der Waals surface area contributed by atoms with E-state index in [1.807, 2.05) is 45.0 Å². The summed E-state index contributed by atoms with van der Waals surface area (Å²) in [5.74, 6) is 0.408. The van der Waals surface area contributed by atoms with Crippen molar-refractivity contribution >= 4 is 10.0 Å². The largest absolute Gasteiger partial charge is 0.327 e. The number of benzene rings is 1. The maximum absolute atomic E-state index is 12.3. The molecule has 2 N–H and O–H groups in total. The molecule has 1 aromatic carbocycles. The second-order valence-electron chi connectivity index (χ2n) is 5.76. The Hall–Kier alpha value is -0.910. The molecule has 0 aliphatic rings. The van der Waals surface area contributed by atoms with Crippen LogP contribution in [0.3, 0.4) is 0 Å². The Morgan fingerprint density at radius 3 is 2.50 bits per heavy atom. The first-order valence-electron chi connectivity index (χ1n) is 6.97. The number of hydrogen-bond donors (Lipinski definition) is 1. The summed E-state index contributed by atoms with van der Waals surface area (Å²) < 4.78 is 26.0. The molecule has 4 nitrogen and oxygen atoms in total. The lowest BCUT2D eigenvalue weighted by atomic mass is 10.0. The molecule has 20 heavy (non-hydrogen) atoms. The Labute approximate surface area is 123 Å². The van der Waals surface area contributed by atoms with Crippen molar-refractivity contribution in [3.05, 3.63) is 35.4 Å². The summed E-state index contributed by atoms with van der Waals surface area (Å²) in [6.07, 6.45) is 0.682. The lowest BCUT2D eigenvalue weighted by Crippen LogP contribution is -2.35. The van der Waals surface area contributed by atoms with E-state index in [2.05, 4.69) is 0 Å². The molecule has 5 heteroatoms. The highest BCUT2D eigenvalue weighted by molar-refractivity contribution is 7.88. The molecule has 0 amide bonds. The van der Waals surface area contributed by atoms with E-state index in [4.69, 9.17) is 5.73 Å². The van der Waals surface area contributed by atoms with Gasteiger partial charge < -0.3 is 5.73 Å². The van der Waals surface area contributed by atoms with Crippen molar-refractivity contribution in [3.63, 3.8) is 0 Å². The number of rotatable bonds is 7. The molecule has 0 aromatic heterocycles. The highest BCUT2D eigenvalue weighted by Crippen LogP contribution is 2.12. The van der Waals surface area contributed by atoms with E-state index in [9.17, 15) is 8.42 Å². The van der Waals surface area contributed by atoms with Gasteiger partial charge in [-0.05, 0) is 24.8 Å². The van der Waals surface area contributed by atoms with Gasteiger partial charge in [0.15, 0.2) is 0 Å². The highest BCUT2D eigenvalue weighted by atomic mass is 32.2. The third-order valence-corrected chi connectivity index (χ3v) is 5.37. The third-order valence-electron chi connectivity index (χ3n) is 3.54. The maximum atomic E-state index is 12.3. The van der Waals surface area contributed by atoms with Crippen molar-refractivity contribution in [1.82, 2.24) is 4.31 Å². The van der Waals surface area contributed by atoms with E-state index >= 15 is 0 Å². The van der Waals surface area contributed by atoms with E-state index in [0.29, 0.717) is 18.9 Å². The van der Waals surface area contributed by atoms with Crippen LogP contribution in [0, 0.1) is 12.8 Å². The summed E-state index contributed by atoms with van der Waals surface area (Å²) in [6.45, 7) is 6.52. The van der Waals surface area contributed by atoms with Gasteiger partial charge >= 0.3 is 0 Å². The molecule has 0 saturated carbocycles. The van der Waals surface area contributed by atoms with E-state index in [-0.39, 0.29) is 11.8 Å². The number of aryl methyl sites for hydroxylation is 1. The first-order valence-corrected chi connectivity index (χ1v) is 8.58. The van der Waals surface area contributed by atoms with Crippen molar-refractivity contribution in [2.75, 3.05) is 13.6 Å². The monoisotopic (exact) mass is 298 g/mol.